The lowest BCUT2D eigenvalue weighted by atomic mass is 10.1. The summed E-state index contributed by atoms with van der Waals surface area (Å²) in [4.78, 5) is 56.1. The molecule has 1 N–H and O–H groups in total. The highest BCUT2D eigenvalue weighted by atomic mass is 17.2. The standard InChI is InChI=1S/C16H14O4.C7H5NO5/c1-11-3-7-13(8-4-11)15(17)19-20-16(18)14-9-5-12(2)6-10-14;9-7(13-12)5-3-1-2-4-6(5)8(10)11/h3-10H,1-2H3;1-4,12H. The molecule has 0 saturated heterocycles. The third kappa shape index (κ3) is 7.26. The van der Waals surface area contributed by atoms with E-state index in [2.05, 4.69) is 14.7 Å². The maximum absolute atomic E-state index is 11.6. The minimum Gasteiger partial charge on any atom is -0.295 e. The molecule has 0 aliphatic heterocycles. The Morgan fingerprint density at radius 1 is 0.727 bits per heavy atom. The molecule has 0 aliphatic carbocycles. The average molecular weight is 453 g/mol. The maximum atomic E-state index is 11.6. The van der Waals surface area contributed by atoms with Gasteiger partial charge < -0.3 is 0 Å². The fraction of sp³-hybridized carbons (Fsp3) is 0.0870. The second-order valence-corrected chi connectivity index (χ2v) is 6.63. The first-order chi connectivity index (χ1) is 15.7. The Hall–Kier alpha value is -4.57. The van der Waals surface area contributed by atoms with Gasteiger partial charge in [-0.05, 0) is 44.2 Å². The first kappa shape index (κ1) is 24.7. The highest BCUT2D eigenvalue weighted by Gasteiger charge is 2.20. The van der Waals surface area contributed by atoms with Crippen LogP contribution in [0.1, 0.15) is 42.2 Å². The molecule has 33 heavy (non-hydrogen) atoms. The van der Waals surface area contributed by atoms with Crippen LogP contribution in [0.4, 0.5) is 5.69 Å². The van der Waals surface area contributed by atoms with Gasteiger partial charge in [0.15, 0.2) is 0 Å². The second kappa shape index (κ2) is 11.7. The summed E-state index contributed by atoms with van der Waals surface area (Å²) < 4.78 is 0. The maximum Gasteiger partial charge on any atom is 0.386 e. The Morgan fingerprint density at radius 2 is 1.15 bits per heavy atom. The number of aryl methyl sites for hydroxylation is 2. The minimum atomic E-state index is -1.15. The molecule has 3 aromatic rings. The molecule has 10 nitrogen and oxygen atoms in total. The number of para-hydroxylation sites is 1. The van der Waals surface area contributed by atoms with E-state index in [0.717, 1.165) is 17.2 Å². The van der Waals surface area contributed by atoms with Crippen LogP contribution in [0.25, 0.3) is 0 Å². The zero-order valence-electron chi connectivity index (χ0n) is 17.6. The van der Waals surface area contributed by atoms with E-state index in [9.17, 15) is 24.5 Å². The summed E-state index contributed by atoms with van der Waals surface area (Å²) in [6, 6.07) is 18.7. The van der Waals surface area contributed by atoms with Crippen LogP contribution >= 0.6 is 0 Å². The summed E-state index contributed by atoms with van der Waals surface area (Å²) in [7, 11) is 0. The summed E-state index contributed by atoms with van der Waals surface area (Å²) in [5, 5.41) is 18.4. The van der Waals surface area contributed by atoms with E-state index in [0.29, 0.717) is 11.1 Å². The van der Waals surface area contributed by atoms with Crippen LogP contribution in [0, 0.1) is 24.0 Å². The summed E-state index contributed by atoms with van der Waals surface area (Å²) in [5.41, 5.74) is 2.02. The molecular formula is C23H19NO9. The van der Waals surface area contributed by atoms with Crippen molar-refractivity contribution in [3.05, 3.63) is 111 Å². The molecule has 170 valence electrons. The van der Waals surface area contributed by atoms with E-state index in [1.807, 2.05) is 13.8 Å². The molecule has 0 fully saturated rings. The van der Waals surface area contributed by atoms with E-state index in [-0.39, 0.29) is 5.56 Å². The van der Waals surface area contributed by atoms with Gasteiger partial charge in [0.25, 0.3) is 5.69 Å². The number of nitro groups is 1. The molecule has 0 spiro atoms. The van der Waals surface area contributed by atoms with Crippen LogP contribution < -0.4 is 0 Å². The second-order valence-electron chi connectivity index (χ2n) is 6.63. The SMILES string of the molecule is Cc1ccc(C(=O)OOC(=O)c2ccc(C)cc2)cc1.O=C(OO)c1ccccc1[N+](=O)[O-]. The molecule has 0 saturated carbocycles. The highest BCUT2D eigenvalue weighted by molar-refractivity contribution is 5.93. The zero-order chi connectivity index (χ0) is 24.4. The molecule has 0 amide bonds. The molecule has 10 heteroatoms. The van der Waals surface area contributed by atoms with Crippen LogP contribution in [0.5, 0.6) is 0 Å². The predicted octanol–water partition coefficient (Wildman–Crippen LogP) is 4.46. The number of benzene rings is 3. The average Bonchev–Trinajstić information content (AvgIpc) is 2.83. The molecule has 0 aromatic heterocycles. The number of carbonyl (C=O) groups excluding carboxylic acids is 3. The summed E-state index contributed by atoms with van der Waals surface area (Å²) in [5.74, 6) is -2.55. The summed E-state index contributed by atoms with van der Waals surface area (Å²) >= 11 is 0. The number of nitro benzene ring substituents is 1. The van der Waals surface area contributed by atoms with Crippen molar-refractivity contribution in [2.24, 2.45) is 0 Å². The van der Waals surface area contributed by atoms with Gasteiger partial charge >= 0.3 is 17.9 Å². The lowest BCUT2D eigenvalue weighted by Crippen LogP contribution is -2.11. The quantitative estimate of drug-likeness (QED) is 0.344. The fourth-order valence-corrected chi connectivity index (χ4v) is 2.41. The third-order valence-electron chi connectivity index (χ3n) is 4.17. The Labute approximate surface area is 188 Å². The lowest BCUT2D eigenvalue weighted by molar-refractivity contribution is -0.385. The monoisotopic (exact) mass is 453 g/mol. The smallest absolute Gasteiger partial charge is 0.295 e. The topological polar surface area (TPSA) is 142 Å². The molecule has 3 rings (SSSR count). The Morgan fingerprint density at radius 3 is 1.55 bits per heavy atom. The first-order valence-corrected chi connectivity index (χ1v) is 9.38. The van der Waals surface area contributed by atoms with Gasteiger partial charge in [0.1, 0.15) is 5.56 Å². The van der Waals surface area contributed by atoms with Crippen molar-refractivity contribution in [1.82, 2.24) is 0 Å². The minimum absolute atomic E-state index is 0.282. The van der Waals surface area contributed by atoms with Crippen LogP contribution in [0.15, 0.2) is 72.8 Å². The Balaban J connectivity index is 0.000000257. The summed E-state index contributed by atoms with van der Waals surface area (Å²) in [6.45, 7) is 3.82. The van der Waals surface area contributed by atoms with Crippen molar-refractivity contribution in [3.63, 3.8) is 0 Å². The van der Waals surface area contributed by atoms with Crippen molar-refractivity contribution in [1.29, 1.82) is 0 Å². The number of hydrogen-bond donors (Lipinski definition) is 1. The van der Waals surface area contributed by atoms with Gasteiger partial charge in [-0.2, -0.15) is 5.26 Å². The van der Waals surface area contributed by atoms with Gasteiger partial charge in [-0.25, -0.2) is 24.2 Å². The summed E-state index contributed by atoms with van der Waals surface area (Å²) in [6.07, 6.45) is 0. The van der Waals surface area contributed by atoms with Crippen LogP contribution in [0.3, 0.4) is 0 Å². The predicted molar refractivity (Wildman–Crippen MR) is 114 cm³/mol. The number of carbonyl (C=O) groups is 3. The molecule has 0 bridgehead atoms. The number of nitrogens with zero attached hydrogens (tertiary/aromatic N) is 1. The normalized spacial score (nSPS) is 9.67. The molecule has 0 aliphatic rings. The third-order valence-corrected chi connectivity index (χ3v) is 4.17. The van der Waals surface area contributed by atoms with Gasteiger partial charge in [0, 0.05) is 6.07 Å². The number of hydrogen-bond acceptors (Lipinski definition) is 9. The molecular weight excluding hydrogens is 434 g/mol. The van der Waals surface area contributed by atoms with Crippen molar-refractivity contribution < 1.29 is 39.2 Å². The largest absolute Gasteiger partial charge is 0.386 e. The van der Waals surface area contributed by atoms with E-state index in [1.54, 1.807) is 48.5 Å². The van der Waals surface area contributed by atoms with Crippen LogP contribution in [0.2, 0.25) is 0 Å². The van der Waals surface area contributed by atoms with Crippen molar-refractivity contribution in [2.75, 3.05) is 0 Å². The zero-order valence-corrected chi connectivity index (χ0v) is 17.6. The molecule has 0 atom stereocenters. The van der Waals surface area contributed by atoms with E-state index < -0.39 is 28.5 Å². The molecule has 0 heterocycles. The van der Waals surface area contributed by atoms with Gasteiger partial charge in [-0.15, -0.1) is 0 Å². The van der Waals surface area contributed by atoms with Crippen molar-refractivity contribution in [3.8, 4) is 0 Å². The molecule has 0 unspecified atom stereocenters. The number of rotatable bonds is 4. The first-order valence-electron chi connectivity index (χ1n) is 9.38. The highest BCUT2D eigenvalue weighted by Crippen LogP contribution is 2.17. The van der Waals surface area contributed by atoms with Gasteiger partial charge in [-0.3, -0.25) is 15.0 Å². The van der Waals surface area contributed by atoms with Crippen molar-refractivity contribution in [2.45, 2.75) is 13.8 Å². The van der Waals surface area contributed by atoms with Crippen molar-refractivity contribution >= 4 is 23.6 Å². The fourth-order valence-electron chi connectivity index (χ4n) is 2.41. The van der Waals surface area contributed by atoms with E-state index >= 15 is 0 Å². The van der Waals surface area contributed by atoms with Gasteiger partial charge in [-0.1, -0.05) is 47.5 Å². The van der Waals surface area contributed by atoms with E-state index in [4.69, 9.17) is 5.26 Å². The van der Waals surface area contributed by atoms with E-state index in [1.165, 1.54) is 18.2 Å². The van der Waals surface area contributed by atoms with Crippen LogP contribution in [-0.2, 0) is 14.7 Å². The molecule has 3 aromatic carbocycles. The Kier molecular flexibility index (Phi) is 8.77. The molecule has 0 radical (unpaired) electrons. The van der Waals surface area contributed by atoms with Gasteiger partial charge in [0.05, 0.1) is 16.1 Å². The van der Waals surface area contributed by atoms with Gasteiger partial charge in [0.2, 0.25) is 0 Å². The van der Waals surface area contributed by atoms with Crippen LogP contribution in [-0.4, -0.2) is 28.1 Å². The Bertz CT molecular complexity index is 1080. The lowest BCUT2D eigenvalue weighted by Gasteiger charge is -2.04.